The average molecular weight is 419 g/mol. The van der Waals surface area contributed by atoms with E-state index in [1.165, 1.54) is 24.3 Å². The van der Waals surface area contributed by atoms with Crippen LogP contribution in [0.25, 0.3) is 0 Å². The van der Waals surface area contributed by atoms with E-state index in [1.54, 1.807) is 32.0 Å². The summed E-state index contributed by atoms with van der Waals surface area (Å²) in [5.74, 6) is -2.36. The lowest BCUT2D eigenvalue weighted by molar-refractivity contribution is -0.127. The molecule has 10 heteroatoms. The number of aryl methyl sites for hydroxylation is 2. The number of benzene rings is 2. The summed E-state index contributed by atoms with van der Waals surface area (Å²) < 4.78 is 32.9. The van der Waals surface area contributed by atoms with Crippen molar-refractivity contribution in [1.29, 1.82) is 0 Å². The highest BCUT2D eigenvalue weighted by Crippen LogP contribution is 2.23. The molecular weight excluding hydrogens is 398 g/mol. The number of nitrogens with one attached hydrogen (secondary N) is 2. The van der Waals surface area contributed by atoms with E-state index >= 15 is 0 Å². The molecule has 0 aromatic heterocycles. The van der Waals surface area contributed by atoms with Crippen LogP contribution in [0, 0.1) is 13.8 Å². The highest BCUT2D eigenvalue weighted by molar-refractivity contribution is 7.92. The zero-order chi connectivity index (χ0) is 21.6. The van der Waals surface area contributed by atoms with Crippen molar-refractivity contribution < 1.29 is 27.5 Å². The fourth-order valence-electron chi connectivity index (χ4n) is 2.39. The van der Waals surface area contributed by atoms with Gasteiger partial charge in [0.15, 0.2) is 6.61 Å². The second-order valence-electron chi connectivity index (χ2n) is 6.24. The number of hydrogen-bond acceptors (Lipinski definition) is 6. The molecule has 0 fully saturated rings. The number of sulfonamides is 1. The van der Waals surface area contributed by atoms with Crippen molar-refractivity contribution in [2.24, 2.45) is 5.73 Å². The van der Waals surface area contributed by atoms with Gasteiger partial charge in [-0.15, -0.1) is 0 Å². The lowest BCUT2D eigenvalue weighted by atomic mass is 10.2. The Balaban J connectivity index is 2.18. The van der Waals surface area contributed by atoms with E-state index in [0.717, 1.165) is 5.56 Å². The van der Waals surface area contributed by atoms with Crippen LogP contribution in [0.3, 0.4) is 0 Å². The molecule has 4 N–H and O–H groups in total. The van der Waals surface area contributed by atoms with Gasteiger partial charge in [0.2, 0.25) is 5.91 Å². The van der Waals surface area contributed by atoms with Crippen molar-refractivity contribution in [3.8, 4) is 0 Å². The molecule has 0 saturated carbocycles. The predicted octanol–water partition coefficient (Wildman–Crippen LogP) is 0.863. The summed E-state index contributed by atoms with van der Waals surface area (Å²) in [4.78, 5) is 34.6. The normalized spacial score (nSPS) is 10.8. The molecule has 154 valence electrons. The van der Waals surface area contributed by atoms with Gasteiger partial charge in [-0.25, -0.2) is 13.2 Å². The van der Waals surface area contributed by atoms with Crippen molar-refractivity contribution in [2.45, 2.75) is 18.7 Å². The highest BCUT2D eigenvalue weighted by Gasteiger charge is 2.21. The number of esters is 1. The van der Waals surface area contributed by atoms with Gasteiger partial charge in [-0.2, -0.15) is 0 Å². The molecule has 0 saturated heterocycles. The summed E-state index contributed by atoms with van der Waals surface area (Å²) in [5.41, 5.74) is 6.17. The SMILES string of the molecule is Cc1ccc(C)c(S(=O)(=O)Nc2ccccc2C(=O)OCC(=O)NCC(N)=O)c1. The van der Waals surface area contributed by atoms with Crippen LogP contribution in [-0.4, -0.2) is 39.4 Å². The van der Waals surface area contributed by atoms with E-state index in [2.05, 4.69) is 10.0 Å². The topological polar surface area (TPSA) is 145 Å². The van der Waals surface area contributed by atoms with E-state index in [9.17, 15) is 22.8 Å². The van der Waals surface area contributed by atoms with Crippen LogP contribution in [0.2, 0.25) is 0 Å². The lowest BCUT2D eigenvalue weighted by Crippen LogP contribution is -2.36. The molecule has 0 atom stereocenters. The Morgan fingerprint density at radius 1 is 1.07 bits per heavy atom. The first-order valence-electron chi connectivity index (χ1n) is 8.51. The Morgan fingerprint density at radius 3 is 2.45 bits per heavy atom. The van der Waals surface area contributed by atoms with Crippen molar-refractivity contribution in [3.63, 3.8) is 0 Å². The maximum Gasteiger partial charge on any atom is 0.340 e. The largest absolute Gasteiger partial charge is 0.452 e. The van der Waals surface area contributed by atoms with Crippen LogP contribution in [0.5, 0.6) is 0 Å². The maximum atomic E-state index is 12.8. The molecule has 2 aromatic carbocycles. The number of para-hydroxylation sites is 1. The lowest BCUT2D eigenvalue weighted by Gasteiger charge is -2.14. The minimum atomic E-state index is -3.96. The second-order valence-corrected chi connectivity index (χ2v) is 7.89. The Morgan fingerprint density at radius 2 is 1.76 bits per heavy atom. The molecule has 0 bridgehead atoms. The van der Waals surface area contributed by atoms with Crippen LogP contribution in [0.4, 0.5) is 5.69 Å². The summed E-state index contributed by atoms with van der Waals surface area (Å²) in [6.45, 7) is 2.40. The van der Waals surface area contributed by atoms with Gasteiger partial charge >= 0.3 is 5.97 Å². The fourth-order valence-corrected chi connectivity index (χ4v) is 3.80. The highest BCUT2D eigenvalue weighted by atomic mass is 32.2. The van der Waals surface area contributed by atoms with Crippen LogP contribution in [0.15, 0.2) is 47.4 Å². The van der Waals surface area contributed by atoms with E-state index in [4.69, 9.17) is 10.5 Å². The van der Waals surface area contributed by atoms with Gasteiger partial charge in [-0.3, -0.25) is 14.3 Å². The summed E-state index contributed by atoms with van der Waals surface area (Å²) in [6.07, 6.45) is 0. The van der Waals surface area contributed by atoms with Gasteiger partial charge in [0.1, 0.15) is 0 Å². The number of amides is 2. The standard InChI is InChI=1S/C19H21N3O6S/c1-12-7-8-13(2)16(9-12)29(26,27)22-15-6-4-3-5-14(15)19(25)28-11-18(24)21-10-17(20)23/h3-9,22H,10-11H2,1-2H3,(H2,20,23)(H,21,24). The molecule has 2 amide bonds. The van der Waals surface area contributed by atoms with Crippen LogP contribution < -0.4 is 15.8 Å². The third kappa shape index (κ3) is 6.04. The number of carbonyl (C=O) groups is 3. The van der Waals surface area contributed by atoms with Crippen molar-refractivity contribution in [1.82, 2.24) is 5.32 Å². The molecule has 29 heavy (non-hydrogen) atoms. The minimum Gasteiger partial charge on any atom is -0.452 e. The molecular formula is C19H21N3O6S. The molecule has 0 spiro atoms. The molecule has 0 aliphatic heterocycles. The zero-order valence-corrected chi connectivity index (χ0v) is 16.7. The average Bonchev–Trinajstić information content (AvgIpc) is 2.66. The third-order valence-corrected chi connectivity index (χ3v) is 5.33. The first kappa shape index (κ1) is 21.9. The maximum absolute atomic E-state index is 12.8. The summed E-state index contributed by atoms with van der Waals surface area (Å²) in [6, 6.07) is 10.9. The summed E-state index contributed by atoms with van der Waals surface area (Å²) in [7, 11) is -3.96. The molecule has 9 nitrogen and oxygen atoms in total. The molecule has 0 unspecified atom stereocenters. The molecule has 0 heterocycles. The van der Waals surface area contributed by atoms with Gasteiger partial charge in [-0.1, -0.05) is 24.3 Å². The van der Waals surface area contributed by atoms with Crippen LogP contribution in [-0.2, 0) is 24.3 Å². The number of primary amides is 1. The van der Waals surface area contributed by atoms with Gasteiger partial charge in [0.25, 0.3) is 15.9 Å². The van der Waals surface area contributed by atoms with Crippen molar-refractivity contribution in [3.05, 3.63) is 59.2 Å². The molecule has 2 aromatic rings. The van der Waals surface area contributed by atoms with Crippen LogP contribution >= 0.6 is 0 Å². The number of nitrogens with two attached hydrogens (primary N) is 1. The Labute approximate surface area is 168 Å². The van der Waals surface area contributed by atoms with Gasteiger partial charge in [0, 0.05) is 0 Å². The monoisotopic (exact) mass is 419 g/mol. The fraction of sp³-hybridized carbons (Fsp3) is 0.211. The number of anilines is 1. The minimum absolute atomic E-state index is 0.0101. The quantitative estimate of drug-likeness (QED) is 0.541. The van der Waals surface area contributed by atoms with Gasteiger partial charge < -0.3 is 15.8 Å². The third-order valence-electron chi connectivity index (χ3n) is 3.82. The van der Waals surface area contributed by atoms with Crippen molar-refractivity contribution >= 4 is 33.5 Å². The van der Waals surface area contributed by atoms with Gasteiger partial charge in [-0.05, 0) is 43.2 Å². The number of hydrogen-bond donors (Lipinski definition) is 3. The van der Waals surface area contributed by atoms with E-state index in [-0.39, 0.29) is 22.7 Å². The van der Waals surface area contributed by atoms with Gasteiger partial charge in [0.05, 0.1) is 22.7 Å². The smallest absolute Gasteiger partial charge is 0.340 e. The molecule has 0 aliphatic carbocycles. The first-order chi connectivity index (χ1) is 13.6. The first-order valence-corrected chi connectivity index (χ1v) is 9.99. The van der Waals surface area contributed by atoms with E-state index in [0.29, 0.717) is 5.56 Å². The zero-order valence-electron chi connectivity index (χ0n) is 15.9. The Bertz CT molecular complexity index is 1050. The Hall–Kier alpha value is -3.40. The summed E-state index contributed by atoms with van der Waals surface area (Å²) >= 11 is 0. The number of ether oxygens (including phenoxy) is 1. The second kappa shape index (κ2) is 9.20. The van der Waals surface area contributed by atoms with Crippen LogP contribution in [0.1, 0.15) is 21.5 Å². The molecule has 0 aliphatic rings. The number of carbonyl (C=O) groups excluding carboxylic acids is 3. The molecule has 2 rings (SSSR count). The Kier molecular flexibility index (Phi) is 6.94. The number of rotatable bonds is 8. The predicted molar refractivity (Wildman–Crippen MR) is 106 cm³/mol. The molecule has 0 radical (unpaired) electrons. The van der Waals surface area contributed by atoms with E-state index < -0.39 is 34.4 Å². The van der Waals surface area contributed by atoms with E-state index in [1.807, 2.05) is 0 Å². The summed E-state index contributed by atoms with van der Waals surface area (Å²) in [5, 5.41) is 2.17. The van der Waals surface area contributed by atoms with Crippen molar-refractivity contribution in [2.75, 3.05) is 17.9 Å².